The molecule has 0 radical (unpaired) electrons. The van der Waals surface area contributed by atoms with Crippen LogP contribution in [0.3, 0.4) is 0 Å². The fourth-order valence-electron chi connectivity index (χ4n) is 1.22. The fourth-order valence-corrected chi connectivity index (χ4v) is 1.78. The number of halogens is 2. The summed E-state index contributed by atoms with van der Waals surface area (Å²) < 4.78 is 6.04. The lowest BCUT2D eigenvalue weighted by atomic mass is 10.2. The third kappa shape index (κ3) is 1.55. The predicted molar refractivity (Wildman–Crippen MR) is 58.8 cm³/mol. The molecule has 0 spiro atoms. The molecule has 0 aliphatic carbocycles. The topological polar surface area (TPSA) is 35.0 Å². The summed E-state index contributed by atoms with van der Waals surface area (Å²) in [5.74, 6) is 0.478. The van der Waals surface area contributed by atoms with E-state index in [4.69, 9.17) is 16.3 Å². The zero-order chi connectivity index (χ0) is 10.1. The lowest BCUT2D eigenvalue weighted by Crippen LogP contribution is -1.92. The highest BCUT2D eigenvalue weighted by molar-refractivity contribution is 9.10. The van der Waals surface area contributed by atoms with Gasteiger partial charge < -0.3 is 4.74 Å². The molecule has 1 heterocycles. The van der Waals surface area contributed by atoms with Gasteiger partial charge in [-0.05, 0) is 18.2 Å². The van der Waals surface area contributed by atoms with E-state index in [0.29, 0.717) is 11.0 Å². The normalized spacial score (nSPS) is 10.5. The van der Waals surface area contributed by atoms with Crippen molar-refractivity contribution in [2.24, 2.45) is 0 Å². The third-order valence-electron chi connectivity index (χ3n) is 1.86. The van der Waals surface area contributed by atoms with Crippen molar-refractivity contribution >= 4 is 38.3 Å². The summed E-state index contributed by atoms with van der Waals surface area (Å²) in [5.41, 5.74) is 0. The summed E-state index contributed by atoms with van der Waals surface area (Å²) in [6.07, 6.45) is 0. The Morgan fingerprint density at radius 1 is 1.29 bits per heavy atom. The number of benzene rings is 1. The van der Waals surface area contributed by atoms with Crippen molar-refractivity contribution < 1.29 is 4.74 Å². The second-order valence-corrected chi connectivity index (χ2v) is 3.96. The van der Waals surface area contributed by atoms with Crippen LogP contribution in [0.4, 0.5) is 0 Å². The van der Waals surface area contributed by atoms with E-state index in [1.54, 1.807) is 7.11 Å². The Labute approximate surface area is 94.2 Å². The Morgan fingerprint density at radius 3 is 2.79 bits per heavy atom. The molecule has 0 N–H and O–H groups in total. The number of hydrogen-bond acceptors (Lipinski definition) is 3. The Bertz CT molecular complexity index is 489. The summed E-state index contributed by atoms with van der Waals surface area (Å²) >= 11 is 9.27. The lowest BCUT2D eigenvalue weighted by Gasteiger charge is -2.04. The quantitative estimate of drug-likeness (QED) is 0.801. The maximum absolute atomic E-state index is 5.89. The van der Waals surface area contributed by atoms with E-state index >= 15 is 0 Å². The molecule has 0 saturated heterocycles. The molecule has 2 rings (SSSR count). The maximum Gasteiger partial charge on any atom is 0.241 e. The first-order valence-corrected chi connectivity index (χ1v) is 5.05. The van der Waals surface area contributed by atoms with Crippen molar-refractivity contribution in [3.8, 4) is 5.88 Å². The van der Waals surface area contributed by atoms with E-state index in [0.717, 1.165) is 15.2 Å². The van der Waals surface area contributed by atoms with E-state index < -0.39 is 0 Å². The first-order valence-electron chi connectivity index (χ1n) is 3.88. The Balaban J connectivity index is 2.85. The van der Waals surface area contributed by atoms with Crippen LogP contribution in [0.1, 0.15) is 0 Å². The van der Waals surface area contributed by atoms with E-state index in [9.17, 15) is 0 Å². The highest BCUT2D eigenvalue weighted by Crippen LogP contribution is 2.29. The molecule has 0 saturated carbocycles. The van der Waals surface area contributed by atoms with Crippen LogP contribution < -0.4 is 4.74 Å². The average Bonchev–Trinajstić information content (AvgIpc) is 2.18. The molecule has 1 aromatic heterocycles. The van der Waals surface area contributed by atoms with Gasteiger partial charge in [-0.25, -0.2) is 0 Å². The van der Waals surface area contributed by atoms with E-state index in [2.05, 4.69) is 26.1 Å². The lowest BCUT2D eigenvalue weighted by molar-refractivity contribution is 0.398. The van der Waals surface area contributed by atoms with Crippen LogP contribution in [0.15, 0.2) is 22.7 Å². The van der Waals surface area contributed by atoms with Crippen molar-refractivity contribution in [2.45, 2.75) is 0 Å². The van der Waals surface area contributed by atoms with Crippen LogP contribution in [-0.2, 0) is 0 Å². The van der Waals surface area contributed by atoms with Gasteiger partial charge >= 0.3 is 0 Å². The van der Waals surface area contributed by atoms with Crippen LogP contribution in [0.5, 0.6) is 5.88 Å². The number of ether oxygens (including phenoxy) is 1. The number of hydrogen-bond donors (Lipinski definition) is 0. The van der Waals surface area contributed by atoms with Gasteiger partial charge in [-0.1, -0.05) is 27.5 Å². The van der Waals surface area contributed by atoms with Crippen LogP contribution in [0.2, 0.25) is 5.15 Å². The van der Waals surface area contributed by atoms with Crippen molar-refractivity contribution in [1.82, 2.24) is 10.2 Å². The third-order valence-corrected chi connectivity index (χ3v) is 2.63. The molecule has 0 bridgehead atoms. The maximum atomic E-state index is 5.89. The standard InChI is InChI=1S/C9H6BrClN2O/c1-14-9-7-4-5(10)2-3-6(7)8(11)12-13-9/h2-4H,1H3. The minimum absolute atomic E-state index is 0.383. The fraction of sp³-hybridized carbons (Fsp3) is 0.111. The first-order chi connectivity index (χ1) is 6.72. The molecule has 72 valence electrons. The van der Waals surface area contributed by atoms with Crippen LogP contribution in [0.25, 0.3) is 10.8 Å². The van der Waals surface area contributed by atoms with Gasteiger partial charge in [0.05, 0.1) is 7.11 Å². The van der Waals surface area contributed by atoms with Gasteiger partial charge in [0.25, 0.3) is 0 Å². The van der Waals surface area contributed by atoms with Gasteiger partial charge in [-0.2, -0.15) is 0 Å². The second kappa shape index (κ2) is 3.71. The van der Waals surface area contributed by atoms with E-state index in [1.165, 1.54) is 0 Å². The Morgan fingerprint density at radius 2 is 2.07 bits per heavy atom. The van der Waals surface area contributed by atoms with Gasteiger partial charge in [-0.15, -0.1) is 10.2 Å². The summed E-state index contributed by atoms with van der Waals surface area (Å²) in [7, 11) is 1.55. The summed E-state index contributed by atoms with van der Waals surface area (Å²) in [6, 6.07) is 5.67. The summed E-state index contributed by atoms with van der Waals surface area (Å²) in [6.45, 7) is 0. The van der Waals surface area contributed by atoms with Gasteiger partial charge in [0, 0.05) is 15.2 Å². The van der Waals surface area contributed by atoms with Crippen molar-refractivity contribution in [1.29, 1.82) is 0 Å². The first kappa shape index (κ1) is 9.68. The van der Waals surface area contributed by atoms with E-state index in [-0.39, 0.29) is 0 Å². The molecular weight excluding hydrogens is 267 g/mol. The summed E-state index contributed by atoms with van der Waals surface area (Å²) in [5, 5.41) is 9.69. The molecule has 0 aliphatic rings. The SMILES string of the molecule is COc1nnc(Cl)c2ccc(Br)cc12. The zero-order valence-corrected chi connectivity index (χ0v) is 9.63. The van der Waals surface area contributed by atoms with Gasteiger partial charge in [-0.3, -0.25) is 0 Å². The number of methoxy groups -OCH3 is 1. The van der Waals surface area contributed by atoms with Gasteiger partial charge in [0.2, 0.25) is 5.88 Å². The van der Waals surface area contributed by atoms with Crippen LogP contribution >= 0.6 is 27.5 Å². The predicted octanol–water partition coefficient (Wildman–Crippen LogP) is 3.05. The summed E-state index contributed by atoms with van der Waals surface area (Å²) in [4.78, 5) is 0. The van der Waals surface area contributed by atoms with Crippen molar-refractivity contribution in [3.05, 3.63) is 27.8 Å². The Hall–Kier alpha value is -0.870. The molecular formula is C9H6BrClN2O. The van der Waals surface area contributed by atoms with Gasteiger partial charge in [0.1, 0.15) is 0 Å². The molecule has 0 fully saturated rings. The largest absolute Gasteiger partial charge is 0.479 e. The monoisotopic (exact) mass is 272 g/mol. The molecule has 3 nitrogen and oxygen atoms in total. The van der Waals surface area contributed by atoms with E-state index in [1.807, 2.05) is 18.2 Å². The molecule has 0 unspecified atom stereocenters. The second-order valence-electron chi connectivity index (χ2n) is 2.69. The van der Waals surface area contributed by atoms with Crippen molar-refractivity contribution in [3.63, 3.8) is 0 Å². The molecule has 0 atom stereocenters. The zero-order valence-electron chi connectivity index (χ0n) is 7.29. The molecule has 2 aromatic rings. The number of rotatable bonds is 1. The number of nitrogens with zero attached hydrogens (tertiary/aromatic N) is 2. The average molecular weight is 274 g/mol. The van der Waals surface area contributed by atoms with Crippen LogP contribution in [-0.4, -0.2) is 17.3 Å². The number of fused-ring (bicyclic) bond motifs is 1. The Kier molecular flexibility index (Phi) is 2.56. The minimum Gasteiger partial charge on any atom is -0.479 e. The number of aromatic nitrogens is 2. The minimum atomic E-state index is 0.383. The molecule has 5 heteroatoms. The smallest absolute Gasteiger partial charge is 0.241 e. The molecule has 0 aliphatic heterocycles. The van der Waals surface area contributed by atoms with Gasteiger partial charge in [0.15, 0.2) is 5.15 Å². The highest BCUT2D eigenvalue weighted by Gasteiger charge is 2.07. The molecule has 1 aromatic carbocycles. The molecule has 0 amide bonds. The highest BCUT2D eigenvalue weighted by atomic mass is 79.9. The van der Waals surface area contributed by atoms with Crippen molar-refractivity contribution in [2.75, 3.05) is 7.11 Å². The van der Waals surface area contributed by atoms with Crippen LogP contribution in [0, 0.1) is 0 Å². The molecule has 14 heavy (non-hydrogen) atoms.